The molecule has 0 radical (unpaired) electrons. The lowest BCUT2D eigenvalue weighted by Gasteiger charge is -2.39. The number of likely N-dealkylation sites (tertiary alicyclic amines) is 1. The minimum atomic E-state index is 0.286. The summed E-state index contributed by atoms with van der Waals surface area (Å²) in [6, 6.07) is 9.45. The first kappa shape index (κ1) is 15.3. The Morgan fingerprint density at radius 1 is 1.25 bits per heavy atom. The van der Waals surface area contributed by atoms with Crippen molar-refractivity contribution in [2.24, 2.45) is 5.73 Å². The van der Waals surface area contributed by atoms with Gasteiger partial charge in [0, 0.05) is 25.2 Å². The number of benzene rings is 1. The molecule has 1 aromatic carbocycles. The topological polar surface area (TPSA) is 38.5 Å². The van der Waals surface area contributed by atoms with E-state index >= 15 is 0 Å². The van der Waals surface area contributed by atoms with Gasteiger partial charge in [0.15, 0.2) is 0 Å². The normalized spacial score (nSPS) is 25.4. The zero-order valence-corrected chi connectivity index (χ0v) is 13.0. The molecule has 2 N–H and O–H groups in total. The standard InChI is InChI=1S/C17H28N2O/c1-4-13(3)19-11-15(10-16(18)12-19)14-6-8-17(9-7-14)20-5-2/h6-9,13,15-16H,4-5,10-12,18H2,1-3H3. The number of ether oxygens (including phenoxy) is 1. The SMILES string of the molecule is CCOc1ccc(C2CC(N)CN(C(C)CC)C2)cc1. The van der Waals surface area contributed by atoms with Gasteiger partial charge in [-0.3, -0.25) is 4.90 Å². The van der Waals surface area contributed by atoms with Crippen molar-refractivity contribution in [3.8, 4) is 5.75 Å². The molecule has 0 aromatic heterocycles. The molecule has 3 atom stereocenters. The summed E-state index contributed by atoms with van der Waals surface area (Å²) >= 11 is 0. The first-order valence-electron chi connectivity index (χ1n) is 7.86. The van der Waals surface area contributed by atoms with Crippen LogP contribution < -0.4 is 10.5 Å². The van der Waals surface area contributed by atoms with Gasteiger partial charge in [0.05, 0.1) is 6.61 Å². The number of hydrogen-bond acceptors (Lipinski definition) is 3. The Balaban J connectivity index is 2.06. The molecule has 0 saturated carbocycles. The summed E-state index contributed by atoms with van der Waals surface area (Å²) in [5.41, 5.74) is 7.64. The van der Waals surface area contributed by atoms with Crippen molar-refractivity contribution in [3.63, 3.8) is 0 Å². The summed E-state index contributed by atoms with van der Waals surface area (Å²) in [5.74, 6) is 1.50. The maximum Gasteiger partial charge on any atom is 0.119 e. The molecule has 0 amide bonds. The highest BCUT2D eigenvalue weighted by Gasteiger charge is 2.28. The summed E-state index contributed by atoms with van der Waals surface area (Å²) in [5, 5.41) is 0. The molecule has 0 aliphatic carbocycles. The summed E-state index contributed by atoms with van der Waals surface area (Å²) in [4.78, 5) is 2.54. The van der Waals surface area contributed by atoms with Crippen LogP contribution in [0.4, 0.5) is 0 Å². The van der Waals surface area contributed by atoms with Crippen molar-refractivity contribution < 1.29 is 4.74 Å². The van der Waals surface area contributed by atoms with E-state index in [0.29, 0.717) is 12.0 Å². The highest BCUT2D eigenvalue weighted by molar-refractivity contribution is 5.30. The third-order valence-electron chi connectivity index (χ3n) is 4.39. The Morgan fingerprint density at radius 2 is 1.95 bits per heavy atom. The van der Waals surface area contributed by atoms with E-state index in [1.54, 1.807) is 0 Å². The number of piperidine rings is 1. The molecule has 0 spiro atoms. The van der Waals surface area contributed by atoms with E-state index in [4.69, 9.17) is 10.5 Å². The lowest BCUT2D eigenvalue weighted by atomic mass is 9.87. The fraction of sp³-hybridized carbons (Fsp3) is 0.647. The first-order chi connectivity index (χ1) is 9.63. The van der Waals surface area contributed by atoms with Crippen LogP contribution in [0.3, 0.4) is 0 Å². The molecule has 3 heteroatoms. The van der Waals surface area contributed by atoms with Crippen molar-refractivity contribution >= 4 is 0 Å². The van der Waals surface area contributed by atoms with Gasteiger partial charge in [-0.1, -0.05) is 19.1 Å². The number of rotatable bonds is 5. The van der Waals surface area contributed by atoms with Gasteiger partial charge in [-0.15, -0.1) is 0 Å². The van der Waals surface area contributed by atoms with Gasteiger partial charge in [0.2, 0.25) is 0 Å². The average molecular weight is 276 g/mol. The van der Waals surface area contributed by atoms with E-state index in [1.165, 1.54) is 12.0 Å². The van der Waals surface area contributed by atoms with Crippen LogP contribution in [-0.2, 0) is 0 Å². The Hall–Kier alpha value is -1.06. The van der Waals surface area contributed by atoms with Crippen molar-refractivity contribution in [2.75, 3.05) is 19.7 Å². The lowest BCUT2D eigenvalue weighted by Crippen LogP contribution is -2.49. The van der Waals surface area contributed by atoms with Crippen LogP contribution in [0, 0.1) is 0 Å². The summed E-state index contributed by atoms with van der Waals surface area (Å²) in [7, 11) is 0. The zero-order chi connectivity index (χ0) is 14.5. The van der Waals surface area contributed by atoms with E-state index in [9.17, 15) is 0 Å². The van der Waals surface area contributed by atoms with Crippen LogP contribution in [0.2, 0.25) is 0 Å². The van der Waals surface area contributed by atoms with E-state index < -0.39 is 0 Å². The number of nitrogens with zero attached hydrogens (tertiary/aromatic N) is 1. The number of nitrogens with two attached hydrogens (primary N) is 1. The molecule has 20 heavy (non-hydrogen) atoms. The predicted molar refractivity (Wildman–Crippen MR) is 84.3 cm³/mol. The maximum atomic E-state index is 6.26. The molecule has 1 aliphatic heterocycles. The highest BCUT2D eigenvalue weighted by atomic mass is 16.5. The first-order valence-corrected chi connectivity index (χ1v) is 7.86. The monoisotopic (exact) mass is 276 g/mol. The Morgan fingerprint density at radius 3 is 2.55 bits per heavy atom. The summed E-state index contributed by atoms with van der Waals surface area (Å²) in [6.07, 6.45) is 2.27. The highest BCUT2D eigenvalue weighted by Crippen LogP contribution is 2.29. The molecule has 1 saturated heterocycles. The Labute approximate surface area is 123 Å². The van der Waals surface area contributed by atoms with Crippen molar-refractivity contribution in [2.45, 2.75) is 51.6 Å². The molecule has 0 bridgehead atoms. The molecule has 3 nitrogen and oxygen atoms in total. The van der Waals surface area contributed by atoms with Crippen LogP contribution in [0.15, 0.2) is 24.3 Å². The van der Waals surface area contributed by atoms with E-state index in [2.05, 4.69) is 43.0 Å². The minimum absolute atomic E-state index is 0.286. The molecular formula is C17H28N2O. The molecule has 112 valence electrons. The summed E-state index contributed by atoms with van der Waals surface area (Å²) in [6.45, 7) is 9.43. The van der Waals surface area contributed by atoms with Gasteiger partial charge in [0.1, 0.15) is 5.75 Å². The molecular weight excluding hydrogens is 248 g/mol. The second kappa shape index (κ2) is 7.09. The van der Waals surface area contributed by atoms with Gasteiger partial charge in [0.25, 0.3) is 0 Å². The van der Waals surface area contributed by atoms with Gasteiger partial charge in [-0.05, 0) is 50.3 Å². The van der Waals surface area contributed by atoms with Gasteiger partial charge < -0.3 is 10.5 Å². The molecule has 1 aromatic rings. The second-order valence-corrected chi connectivity index (χ2v) is 5.91. The largest absolute Gasteiger partial charge is 0.494 e. The van der Waals surface area contributed by atoms with Crippen molar-refractivity contribution in [1.29, 1.82) is 0 Å². The maximum absolute atomic E-state index is 6.26. The lowest BCUT2D eigenvalue weighted by molar-refractivity contribution is 0.140. The van der Waals surface area contributed by atoms with E-state index in [0.717, 1.165) is 31.9 Å². The predicted octanol–water partition coefficient (Wildman–Crippen LogP) is 3.00. The fourth-order valence-electron chi connectivity index (χ4n) is 3.04. The van der Waals surface area contributed by atoms with Gasteiger partial charge >= 0.3 is 0 Å². The molecule has 1 fully saturated rings. The molecule has 1 aliphatic rings. The van der Waals surface area contributed by atoms with Gasteiger partial charge in [-0.2, -0.15) is 0 Å². The minimum Gasteiger partial charge on any atom is -0.494 e. The smallest absolute Gasteiger partial charge is 0.119 e. The summed E-state index contributed by atoms with van der Waals surface area (Å²) < 4.78 is 5.51. The molecule has 2 rings (SSSR count). The quantitative estimate of drug-likeness (QED) is 0.898. The number of hydrogen-bond donors (Lipinski definition) is 1. The Kier molecular flexibility index (Phi) is 5.44. The van der Waals surface area contributed by atoms with Crippen LogP contribution >= 0.6 is 0 Å². The van der Waals surface area contributed by atoms with Crippen LogP contribution in [-0.4, -0.2) is 36.7 Å². The van der Waals surface area contributed by atoms with Crippen LogP contribution in [0.5, 0.6) is 5.75 Å². The molecule has 1 heterocycles. The fourth-order valence-corrected chi connectivity index (χ4v) is 3.04. The van der Waals surface area contributed by atoms with Crippen LogP contribution in [0.25, 0.3) is 0 Å². The third-order valence-corrected chi connectivity index (χ3v) is 4.39. The third kappa shape index (κ3) is 3.74. The van der Waals surface area contributed by atoms with Crippen molar-refractivity contribution in [1.82, 2.24) is 4.90 Å². The zero-order valence-electron chi connectivity index (χ0n) is 13.0. The Bertz CT molecular complexity index is 404. The average Bonchev–Trinajstić information content (AvgIpc) is 2.47. The molecule has 3 unspecified atom stereocenters. The van der Waals surface area contributed by atoms with E-state index in [-0.39, 0.29) is 6.04 Å². The van der Waals surface area contributed by atoms with Crippen LogP contribution in [0.1, 0.15) is 45.1 Å². The van der Waals surface area contributed by atoms with Gasteiger partial charge in [-0.25, -0.2) is 0 Å². The van der Waals surface area contributed by atoms with E-state index in [1.807, 2.05) is 6.92 Å². The second-order valence-electron chi connectivity index (χ2n) is 5.91. The van der Waals surface area contributed by atoms with Crippen molar-refractivity contribution in [3.05, 3.63) is 29.8 Å².